The largest absolute Gasteiger partial charge is 0.322 e. The molecule has 3 aromatic carbocycles. The van der Waals surface area contributed by atoms with E-state index in [9.17, 15) is 14.4 Å². The Labute approximate surface area is 206 Å². The number of amides is 3. The van der Waals surface area contributed by atoms with Gasteiger partial charge < -0.3 is 5.32 Å². The van der Waals surface area contributed by atoms with Crippen molar-refractivity contribution < 1.29 is 14.4 Å². The summed E-state index contributed by atoms with van der Waals surface area (Å²) < 4.78 is 0.933. The Hall–Kier alpha value is -3.25. The van der Waals surface area contributed by atoms with Crippen LogP contribution in [0.4, 0.5) is 11.4 Å². The maximum Gasteiger partial charge on any atom is 0.255 e. The molecule has 3 aromatic rings. The first-order valence-electron chi connectivity index (χ1n) is 11.6. The first kappa shape index (κ1) is 21.3. The lowest BCUT2D eigenvalue weighted by Gasteiger charge is -2.28. The number of rotatable bonds is 4. The standard InChI is InChI=1S/C28H23BrN2O3/c29-19-8-10-20(11-9-19)30-26(32)17-6-12-21(13-7-17)31-27(33)24-18-14-22(16-4-2-1-3-5-16)23(15-18)25(24)28(31)34/h1-13,18,22-25H,14-15H2,(H,30,32)/t18-,22+,23+,24-,25-/m1/s1. The quantitative estimate of drug-likeness (QED) is 0.458. The minimum atomic E-state index is -0.242. The fourth-order valence-corrected chi connectivity index (χ4v) is 6.56. The fourth-order valence-electron chi connectivity index (χ4n) is 6.30. The Balaban J connectivity index is 1.20. The second-order valence-electron chi connectivity index (χ2n) is 9.48. The van der Waals surface area contributed by atoms with E-state index in [0.717, 1.165) is 17.3 Å². The number of anilines is 2. The number of nitrogens with zero attached hydrogens (tertiary/aromatic N) is 1. The summed E-state index contributed by atoms with van der Waals surface area (Å²) >= 11 is 3.38. The molecular weight excluding hydrogens is 492 g/mol. The number of nitrogens with one attached hydrogen (secondary N) is 1. The van der Waals surface area contributed by atoms with Gasteiger partial charge in [0.1, 0.15) is 0 Å². The van der Waals surface area contributed by atoms with Crippen molar-refractivity contribution in [2.45, 2.75) is 18.8 Å². The molecule has 1 aliphatic heterocycles. The van der Waals surface area contributed by atoms with Gasteiger partial charge in [-0.05, 0) is 84.7 Å². The summed E-state index contributed by atoms with van der Waals surface area (Å²) in [7, 11) is 0. The Morgan fingerprint density at radius 2 is 1.50 bits per heavy atom. The molecule has 0 unspecified atom stereocenters. The molecule has 3 amide bonds. The molecule has 0 radical (unpaired) electrons. The smallest absolute Gasteiger partial charge is 0.255 e. The van der Waals surface area contributed by atoms with Crippen LogP contribution in [0.3, 0.4) is 0 Å². The predicted octanol–water partition coefficient (Wildman–Crippen LogP) is 5.63. The lowest BCUT2D eigenvalue weighted by Crippen LogP contribution is -2.33. The number of benzene rings is 3. The van der Waals surface area contributed by atoms with E-state index in [1.165, 1.54) is 10.5 Å². The monoisotopic (exact) mass is 514 g/mol. The van der Waals surface area contributed by atoms with Crippen molar-refractivity contribution in [3.63, 3.8) is 0 Å². The molecule has 5 nitrogen and oxygen atoms in total. The molecule has 34 heavy (non-hydrogen) atoms. The van der Waals surface area contributed by atoms with Crippen LogP contribution >= 0.6 is 15.9 Å². The second-order valence-corrected chi connectivity index (χ2v) is 10.4. The summed E-state index contributed by atoms with van der Waals surface area (Å²) in [6.07, 6.45) is 1.92. The third-order valence-electron chi connectivity index (χ3n) is 7.73. The average molecular weight is 515 g/mol. The summed E-state index contributed by atoms with van der Waals surface area (Å²) in [6.45, 7) is 0. The Bertz CT molecular complexity index is 1270. The van der Waals surface area contributed by atoms with E-state index in [2.05, 4.69) is 33.4 Å². The van der Waals surface area contributed by atoms with Crippen LogP contribution in [0.15, 0.2) is 83.3 Å². The van der Waals surface area contributed by atoms with Gasteiger partial charge in [-0.3, -0.25) is 19.3 Å². The Morgan fingerprint density at radius 1 is 0.824 bits per heavy atom. The molecule has 3 fully saturated rings. The van der Waals surface area contributed by atoms with Crippen molar-refractivity contribution in [1.29, 1.82) is 0 Å². The third-order valence-corrected chi connectivity index (χ3v) is 8.26. The maximum absolute atomic E-state index is 13.5. The lowest BCUT2D eigenvalue weighted by molar-refractivity contribution is -0.123. The first-order valence-corrected chi connectivity index (χ1v) is 12.4. The van der Waals surface area contributed by atoms with Crippen LogP contribution in [0.1, 0.15) is 34.7 Å². The normalized spacial score (nSPS) is 27.2. The molecular formula is C28H23BrN2O3. The van der Waals surface area contributed by atoms with Gasteiger partial charge in [-0.25, -0.2) is 0 Å². The number of carbonyl (C=O) groups excluding carboxylic acids is 3. The second kappa shape index (κ2) is 8.20. The van der Waals surface area contributed by atoms with Crippen LogP contribution < -0.4 is 10.2 Å². The van der Waals surface area contributed by atoms with Gasteiger partial charge in [-0.15, -0.1) is 0 Å². The molecule has 2 bridgehead atoms. The molecule has 0 spiro atoms. The SMILES string of the molecule is O=C(Nc1ccc(Br)cc1)c1ccc(N2C(=O)[C@@H]3[C@H]4C[C@H]([C@H]3C2=O)[C@H](c2ccccc2)C4)cc1. The van der Waals surface area contributed by atoms with E-state index < -0.39 is 0 Å². The van der Waals surface area contributed by atoms with Crippen molar-refractivity contribution >= 4 is 45.0 Å². The van der Waals surface area contributed by atoms with Crippen molar-refractivity contribution in [3.05, 3.63) is 94.5 Å². The highest BCUT2D eigenvalue weighted by molar-refractivity contribution is 9.10. The van der Waals surface area contributed by atoms with E-state index in [-0.39, 0.29) is 41.4 Å². The minimum Gasteiger partial charge on any atom is -0.322 e. The molecule has 2 aliphatic carbocycles. The summed E-state index contributed by atoms with van der Waals surface area (Å²) in [6, 6.07) is 24.4. The molecule has 0 aromatic heterocycles. The van der Waals surface area contributed by atoms with Gasteiger partial charge in [0.2, 0.25) is 11.8 Å². The zero-order valence-corrected chi connectivity index (χ0v) is 19.9. The van der Waals surface area contributed by atoms with Crippen molar-refractivity contribution in [2.75, 3.05) is 10.2 Å². The van der Waals surface area contributed by atoms with Crippen molar-refractivity contribution in [2.24, 2.45) is 23.7 Å². The molecule has 6 heteroatoms. The van der Waals surface area contributed by atoms with Gasteiger partial charge in [-0.2, -0.15) is 0 Å². The fraction of sp³-hybridized carbons (Fsp3) is 0.250. The number of hydrogen-bond acceptors (Lipinski definition) is 3. The van der Waals surface area contributed by atoms with Crippen molar-refractivity contribution in [1.82, 2.24) is 0 Å². The Morgan fingerprint density at radius 3 is 2.21 bits per heavy atom. The van der Waals surface area contributed by atoms with Gasteiger partial charge >= 0.3 is 0 Å². The first-order chi connectivity index (χ1) is 16.5. The highest BCUT2D eigenvalue weighted by atomic mass is 79.9. The Kier molecular flexibility index (Phi) is 5.14. The molecule has 1 heterocycles. The summed E-state index contributed by atoms with van der Waals surface area (Å²) in [5.41, 5.74) is 2.97. The van der Waals surface area contributed by atoms with Gasteiger partial charge in [0, 0.05) is 15.7 Å². The summed E-state index contributed by atoms with van der Waals surface area (Å²) in [5, 5.41) is 2.86. The van der Waals surface area contributed by atoms with E-state index in [1.807, 2.05) is 42.5 Å². The zero-order valence-electron chi connectivity index (χ0n) is 18.4. The van der Waals surface area contributed by atoms with Crippen LogP contribution in [0.5, 0.6) is 0 Å². The number of imide groups is 1. The topological polar surface area (TPSA) is 66.5 Å². The van der Waals surface area contributed by atoms with Crippen LogP contribution in [-0.4, -0.2) is 17.7 Å². The lowest BCUT2D eigenvalue weighted by atomic mass is 9.73. The minimum absolute atomic E-state index is 0.0823. The maximum atomic E-state index is 13.5. The average Bonchev–Trinajstić information content (AvgIpc) is 3.52. The molecule has 5 atom stereocenters. The van der Waals surface area contributed by atoms with E-state index in [0.29, 0.717) is 22.9 Å². The molecule has 170 valence electrons. The van der Waals surface area contributed by atoms with Gasteiger partial charge in [0.15, 0.2) is 0 Å². The van der Waals surface area contributed by atoms with Gasteiger partial charge in [0.05, 0.1) is 17.5 Å². The van der Waals surface area contributed by atoms with E-state index in [1.54, 1.807) is 24.3 Å². The van der Waals surface area contributed by atoms with Crippen LogP contribution in [0.2, 0.25) is 0 Å². The summed E-state index contributed by atoms with van der Waals surface area (Å²) in [4.78, 5) is 40.8. The number of carbonyl (C=O) groups is 3. The molecule has 2 saturated carbocycles. The van der Waals surface area contributed by atoms with Gasteiger partial charge in [0.25, 0.3) is 5.91 Å². The number of fused-ring (bicyclic) bond motifs is 5. The molecule has 1 saturated heterocycles. The molecule has 1 N–H and O–H groups in total. The molecule has 6 rings (SSSR count). The third kappa shape index (κ3) is 3.40. The van der Waals surface area contributed by atoms with Gasteiger partial charge in [-0.1, -0.05) is 46.3 Å². The summed E-state index contributed by atoms with van der Waals surface area (Å²) in [5.74, 6) is -0.0410. The van der Waals surface area contributed by atoms with Crippen molar-refractivity contribution in [3.8, 4) is 0 Å². The molecule has 3 aliphatic rings. The van der Waals surface area contributed by atoms with Crippen LogP contribution in [0, 0.1) is 23.7 Å². The predicted molar refractivity (Wildman–Crippen MR) is 133 cm³/mol. The van der Waals surface area contributed by atoms with Crippen LogP contribution in [-0.2, 0) is 9.59 Å². The van der Waals surface area contributed by atoms with E-state index >= 15 is 0 Å². The highest BCUT2D eigenvalue weighted by Gasteiger charge is 2.64. The van der Waals surface area contributed by atoms with E-state index in [4.69, 9.17) is 0 Å². The highest BCUT2D eigenvalue weighted by Crippen LogP contribution is 2.61. The zero-order chi connectivity index (χ0) is 23.4. The number of halogens is 1. The van der Waals surface area contributed by atoms with Crippen LogP contribution in [0.25, 0.3) is 0 Å². The number of hydrogen-bond donors (Lipinski definition) is 1.